The van der Waals surface area contributed by atoms with Crippen LogP contribution in [0.2, 0.25) is 0 Å². The third kappa shape index (κ3) is 3.30. The first-order valence-corrected chi connectivity index (χ1v) is 9.22. The Kier molecular flexibility index (Phi) is 5.16. The quantitative estimate of drug-likeness (QED) is 0.629. The highest BCUT2D eigenvalue weighted by molar-refractivity contribution is 7.79. The summed E-state index contributed by atoms with van der Waals surface area (Å²) in [4.78, 5) is 14.4. The van der Waals surface area contributed by atoms with E-state index < -0.39 is 11.1 Å². The van der Waals surface area contributed by atoms with Gasteiger partial charge in [0.2, 0.25) is 0 Å². The number of carbonyl (C=O) groups excluding carboxylic acids is 1. The van der Waals surface area contributed by atoms with Gasteiger partial charge in [0.05, 0.1) is 18.2 Å². The first kappa shape index (κ1) is 16.9. The molecule has 0 saturated carbocycles. The predicted molar refractivity (Wildman–Crippen MR) is 92.7 cm³/mol. The minimum Gasteiger partial charge on any atom is -0.768 e. The van der Waals surface area contributed by atoms with Crippen LogP contribution in [0.4, 0.5) is 5.69 Å². The van der Waals surface area contributed by atoms with Crippen molar-refractivity contribution in [2.45, 2.75) is 24.7 Å². The van der Waals surface area contributed by atoms with Crippen LogP contribution in [0.15, 0.2) is 41.3 Å². The van der Waals surface area contributed by atoms with E-state index in [1.165, 1.54) is 0 Å². The molecular formula is C18H20NO4S-. The standard InChI is InChI=1S/C18H21NO4S/c1-2-23-18(20)14-7-5-11-19(12-14)17-15-8-4-3-6-13(15)9-10-16(17)24(21)22/h3-4,6,8-10,14H,2,5,7,11-12H2,1H3,(H,21,22)/p-1. The molecule has 1 aliphatic heterocycles. The Hall–Kier alpha value is -1.92. The maximum absolute atomic E-state index is 12.1. The molecule has 2 aromatic carbocycles. The van der Waals surface area contributed by atoms with E-state index in [0.29, 0.717) is 18.8 Å². The van der Waals surface area contributed by atoms with Crippen molar-refractivity contribution < 1.29 is 18.3 Å². The van der Waals surface area contributed by atoms with Gasteiger partial charge in [0.25, 0.3) is 0 Å². The Morgan fingerprint density at radius 3 is 2.88 bits per heavy atom. The fraction of sp³-hybridized carbons (Fsp3) is 0.389. The van der Waals surface area contributed by atoms with Crippen LogP contribution in [0.1, 0.15) is 19.8 Å². The summed E-state index contributed by atoms with van der Waals surface area (Å²) >= 11 is -2.33. The van der Waals surface area contributed by atoms with Crippen LogP contribution in [-0.2, 0) is 20.6 Å². The van der Waals surface area contributed by atoms with Crippen molar-refractivity contribution in [2.24, 2.45) is 5.92 Å². The fourth-order valence-corrected chi connectivity index (χ4v) is 3.90. The number of anilines is 1. The van der Waals surface area contributed by atoms with Crippen LogP contribution in [0.5, 0.6) is 0 Å². The summed E-state index contributed by atoms with van der Waals surface area (Å²) in [5.74, 6) is -0.419. The second-order valence-corrected chi connectivity index (χ2v) is 6.81. The summed E-state index contributed by atoms with van der Waals surface area (Å²) < 4.78 is 28.6. The van der Waals surface area contributed by atoms with Gasteiger partial charge >= 0.3 is 5.97 Å². The summed E-state index contributed by atoms with van der Waals surface area (Å²) in [6.45, 7) is 3.37. The van der Waals surface area contributed by atoms with E-state index in [1.54, 1.807) is 13.0 Å². The minimum absolute atomic E-state index is 0.202. The van der Waals surface area contributed by atoms with Crippen LogP contribution < -0.4 is 4.90 Å². The highest BCUT2D eigenvalue weighted by Gasteiger charge is 2.28. The van der Waals surface area contributed by atoms with Crippen molar-refractivity contribution in [3.05, 3.63) is 36.4 Å². The van der Waals surface area contributed by atoms with E-state index in [2.05, 4.69) is 0 Å². The van der Waals surface area contributed by atoms with Crippen molar-refractivity contribution in [3.63, 3.8) is 0 Å². The number of esters is 1. The van der Waals surface area contributed by atoms with E-state index in [9.17, 15) is 13.6 Å². The van der Waals surface area contributed by atoms with Crippen LogP contribution in [0.25, 0.3) is 10.8 Å². The normalized spacial score (nSPS) is 19.2. The zero-order chi connectivity index (χ0) is 17.1. The molecule has 2 aromatic rings. The second-order valence-electron chi connectivity index (χ2n) is 5.91. The number of hydrogen-bond acceptors (Lipinski definition) is 5. The van der Waals surface area contributed by atoms with Gasteiger partial charge in [0, 0.05) is 23.4 Å². The lowest BCUT2D eigenvalue weighted by Gasteiger charge is -2.35. The molecule has 2 atom stereocenters. The molecule has 5 nitrogen and oxygen atoms in total. The number of ether oxygens (including phenoxy) is 1. The van der Waals surface area contributed by atoms with Crippen LogP contribution in [0.3, 0.4) is 0 Å². The van der Waals surface area contributed by atoms with Gasteiger partial charge in [-0.05, 0) is 42.3 Å². The number of fused-ring (bicyclic) bond motifs is 1. The highest BCUT2D eigenvalue weighted by Crippen LogP contribution is 2.35. The van der Waals surface area contributed by atoms with Gasteiger partial charge in [-0.15, -0.1) is 0 Å². The molecule has 2 unspecified atom stereocenters. The zero-order valence-electron chi connectivity index (χ0n) is 13.6. The van der Waals surface area contributed by atoms with E-state index in [4.69, 9.17) is 4.74 Å². The summed E-state index contributed by atoms with van der Waals surface area (Å²) in [5, 5.41) is 1.88. The van der Waals surface area contributed by atoms with Crippen molar-refractivity contribution in [1.29, 1.82) is 0 Å². The number of rotatable bonds is 4. The van der Waals surface area contributed by atoms with E-state index >= 15 is 0 Å². The molecule has 0 aromatic heterocycles. The fourth-order valence-electron chi connectivity index (χ4n) is 3.33. The second kappa shape index (κ2) is 7.32. The lowest BCUT2D eigenvalue weighted by Crippen LogP contribution is -2.40. The van der Waals surface area contributed by atoms with Gasteiger partial charge < -0.3 is 14.2 Å². The van der Waals surface area contributed by atoms with Crippen molar-refractivity contribution in [3.8, 4) is 0 Å². The molecule has 0 N–H and O–H groups in total. The summed E-state index contributed by atoms with van der Waals surface area (Å²) in [6.07, 6.45) is 1.60. The van der Waals surface area contributed by atoms with Crippen molar-refractivity contribution in [1.82, 2.24) is 0 Å². The van der Waals surface area contributed by atoms with Crippen LogP contribution >= 0.6 is 0 Å². The number of benzene rings is 2. The Morgan fingerprint density at radius 2 is 2.12 bits per heavy atom. The topological polar surface area (TPSA) is 69.7 Å². The van der Waals surface area contributed by atoms with Crippen LogP contribution in [0, 0.1) is 5.92 Å². The molecule has 0 radical (unpaired) electrons. The third-order valence-electron chi connectivity index (χ3n) is 4.40. The van der Waals surface area contributed by atoms with Gasteiger partial charge in [-0.25, -0.2) is 0 Å². The molecule has 0 amide bonds. The molecule has 3 rings (SSSR count). The molecule has 0 bridgehead atoms. The Balaban J connectivity index is 2.02. The first-order valence-electron chi connectivity index (χ1n) is 8.14. The van der Waals surface area contributed by atoms with Gasteiger partial charge in [0.15, 0.2) is 0 Å². The largest absolute Gasteiger partial charge is 0.768 e. The predicted octanol–water partition coefficient (Wildman–Crippen LogP) is 2.86. The number of carbonyl (C=O) groups is 1. The lowest BCUT2D eigenvalue weighted by molar-refractivity contribution is -0.148. The van der Waals surface area contributed by atoms with Gasteiger partial charge in [-0.2, -0.15) is 0 Å². The number of piperidine rings is 1. The van der Waals surface area contributed by atoms with Crippen molar-refractivity contribution >= 4 is 33.5 Å². The van der Waals surface area contributed by atoms with Gasteiger partial charge in [0.1, 0.15) is 0 Å². The Labute approximate surface area is 143 Å². The highest BCUT2D eigenvalue weighted by atomic mass is 32.2. The number of hydrogen-bond donors (Lipinski definition) is 0. The zero-order valence-corrected chi connectivity index (χ0v) is 14.4. The summed E-state index contributed by atoms with van der Waals surface area (Å²) in [5.41, 5.74) is 0.690. The molecule has 128 valence electrons. The molecular weight excluding hydrogens is 326 g/mol. The monoisotopic (exact) mass is 346 g/mol. The molecule has 24 heavy (non-hydrogen) atoms. The smallest absolute Gasteiger partial charge is 0.310 e. The maximum atomic E-state index is 12.1. The van der Waals surface area contributed by atoms with Gasteiger partial charge in [-0.1, -0.05) is 30.3 Å². The molecule has 1 saturated heterocycles. The minimum atomic E-state index is -2.33. The first-order chi connectivity index (χ1) is 11.6. The number of nitrogens with zero attached hydrogens (tertiary/aromatic N) is 1. The average molecular weight is 346 g/mol. The van der Waals surface area contributed by atoms with Crippen molar-refractivity contribution in [2.75, 3.05) is 24.6 Å². The molecule has 1 aliphatic rings. The SMILES string of the molecule is CCOC(=O)C1CCCN(c2c(S(=O)[O-])ccc3ccccc23)C1. The average Bonchev–Trinajstić information content (AvgIpc) is 2.61. The molecule has 0 aliphatic carbocycles. The Bertz CT molecular complexity index is 777. The summed E-state index contributed by atoms with van der Waals surface area (Å²) in [6, 6.07) is 11.2. The van der Waals surface area contributed by atoms with Gasteiger partial charge in [-0.3, -0.25) is 9.00 Å². The molecule has 1 fully saturated rings. The molecule has 1 heterocycles. The molecule has 6 heteroatoms. The van der Waals surface area contributed by atoms with E-state index in [0.717, 1.165) is 30.2 Å². The van der Waals surface area contributed by atoms with E-state index in [1.807, 2.05) is 35.2 Å². The summed E-state index contributed by atoms with van der Waals surface area (Å²) in [7, 11) is 0. The van der Waals surface area contributed by atoms with E-state index in [-0.39, 0.29) is 16.8 Å². The molecule has 0 spiro atoms. The van der Waals surface area contributed by atoms with Crippen LogP contribution in [-0.4, -0.2) is 34.4 Å². The Morgan fingerprint density at radius 1 is 1.33 bits per heavy atom. The lowest BCUT2D eigenvalue weighted by atomic mass is 9.96. The third-order valence-corrected chi connectivity index (χ3v) is 5.09. The maximum Gasteiger partial charge on any atom is 0.310 e.